The molecule has 0 aromatic carbocycles. The van der Waals surface area contributed by atoms with Gasteiger partial charge in [-0.2, -0.15) is 4.98 Å². The first-order chi connectivity index (χ1) is 13.2. The van der Waals surface area contributed by atoms with Crippen molar-refractivity contribution in [3.63, 3.8) is 0 Å². The van der Waals surface area contributed by atoms with E-state index in [1.165, 1.54) is 12.3 Å². The average Bonchev–Trinajstić information content (AvgIpc) is 2.74. The van der Waals surface area contributed by atoms with Gasteiger partial charge in [-0.05, 0) is 12.1 Å². The predicted octanol–water partition coefficient (Wildman–Crippen LogP) is 0.810. The molecule has 2 saturated heterocycles. The van der Waals surface area contributed by atoms with Gasteiger partial charge in [0.1, 0.15) is 5.82 Å². The molecule has 1 amide bonds. The van der Waals surface area contributed by atoms with Crippen molar-refractivity contribution in [2.24, 2.45) is 0 Å². The van der Waals surface area contributed by atoms with E-state index in [9.17, 15) is 9.18 Å². The first kappa shape index (κ1) is 17.6. The zero-order valence-corrected chi connectivity index (χ0v) is 14.9. The van der Waals surface area contributed by atoms with E-state index in [0.29, 0.717) is 45.3 Å². The molecule has 9 heteroatoms. The fourth-order valence-electron chi connectivity index (χ4n) is 3.29. The predicted molar refractivity (Wildman–Crippen MR) is 97.4 cm³/mol. The highest BCUT2D eigenvalue weighted by Gasteiger charge is 2.25. The fourth-order valence-corrected chi connectivity index (χ4v) is 3.29. The highest BCUT2D eigenvalue weighted by atomic mass is 19.1. The van der Waals surface area contributed by atoms with Gasteiger partial charge in [-0.3, -0.25) is 9.78 Å². The number of ether oxygens (including phenoxy) is 1. The van der Waals surface area contributed by atoms with Crippen molar-refractivity contribution in [1.82, 2.24) is 19.9 Å². The van der Waals surface area contributed by atoms with Crippen molar-refractivity contribution in [2.75, 3.05) is 62.3 Å². The monoisotopic (exact) mass is 372 g/mol. The molecule has 0 unspecified atom stereocenters. The second kappa shape index (κ2) is 7.83. The Morgan fingerprint density at radius 1 is 1.00 bits per heavy atom. The SMILES string of the molecule is O=C(c1ccncc1F)N1CCN(c2ccnc(N3CCOCC3)n2)CC1. The molecule has 2 fully saturated rings. The zero-order chi connectivity index (χ0) is 18.6. The van der Waals surface area contributed by atoms with Gasteiger partial charge in [0.05, 0.1) is 25.0 Å². The normalized spacial score (nSPS) is 17.9. The van der Waals surface area contributed by atoms with E-state index in [2.05, 4.69) is 24.8 Å². The van der Waals surface area contributed by atoms with Crippen LogP contribution < -0.4 is 9.80 Å². The Labute approximate surface area is 156 Å². The van der Waals surface area contributed by atoms with Gasteiger partial charge >= 0.3 is 0 Å². The molecule has 0 spiro atoms. The van der Waals surface area contributed by atoms with Gasteiger partial charge in [0, 0.05) is 51.7 Å². The quantitative estimate of drug-likeness (QED) is 0.789. The molecular formula is C18H21FN6O2. The van der Waals surface area contributed by atoms with Gasteiger partial charge in [-0.1, -0.05) is 0 Å². The lowest BCUT2D eigenvalue weighted by molar-refractivity contribution is 0.0741. The Morgan fingerprint density at radius 3 is 2.52 bits per heavy atom. The summed E-state index contributed by atoms with van der Waals surface area (Å²) in [7, 11) is 0. The number of morpholine rings is 1. The summed E-state index contributed by atoms with van der Waals surface area (Å²) in [5.74, 6) is 0.656. The molecule has 2 aliphatic heterocycles. The van der Waals surface area contributed by atoms with E-state index in [1.54, 1.807) is 11.1 Å². The van der Waals surface area contributed by atoms with Crippen molar-refractivity contribution < 1.29 is 13.9 Å². The van der Waals surface area contributed by atoms with E-state index < -0.39 is 5.82 Å². The van der Waals surface area contributed by atoms with Gasteiger partial charge in [-0.15, -0.1) is 0 Å². The van der Waals surface area contributed by atoms with Crippen molar-refractivity contribution in [3.05, 3.63) is 42.1 Å². The van der Waals surface area contributed by atoms with Crippen molar-refractivity contribution in [3.8, 4) is 0 Å². The average molecular weight is 372 g/mol. The van der Waals surface area contributed by atoms with Gasteiger partial charge in [0.2, 0.25) is 5.95 Å². The third-order valence-corrected chi connectivity index (χ3v) is 4.82. The number of carbonyl (C=O) groups is 1. The van der Waals surface area contributed by atoms with Crippen LogP contribution >= 0.6 is 0 Å². The number of nitrogens with zero attached hydrogens (tertiary/aromatic N) is 6. The molecule has 0 aliphatic carbocycles. The zero-order valence-electron chi connectivity index (χ0n) is 14.9. The Balaban J connectivity index is 1.40. The number of carbonyl (C=O) groups excluding carboxylic acids is 1. The summed E-state index contributed by atoms with van der Waals surface area (Å²) in [5.41, 5.74) is 0.0649. The summed E-state index contributed by atoms with van der Waals surface area (Å²) >= 11 is 0. The van der Waals surface area contributed by atoms with Gasteiger partial charge in [0.15, 0.2) is 5.82 Å². The van der Waals surface area contributed by atoms with E-state index in [4.69, 9.17) is 4.74 Å². The number of piperazine rings is 1. The minimum absolute atomic E-state index is 0.0649. The third kappa shape index (κ3) is 3.82. The first-order valence-corrected chi connectivity index (χ1v) is 9.02. The van der Waals surface area contributed by atoms with E-state index >= 15 is 0 Å². The van der Waals surface area contributed by atoms with Crippen LogP contribution in [0.15, 0.2) is 30.7 Å². The number of amides is 1. The maximum absolute atomic E-state index is 13.8. The maximum atomic E-state index is 13.8. The molecule has 2 aliphatic rings. The summed E-state index contributed by atoms with van der Waals surface area (Å²) in [6, 6.07) is 3.30. The summed E-state index contributed by atoms with van der Waals surface area (Å²) in [4.78, 5) is 31.2. The van der Waals surface area contributed by atoms with Crippen LogP contribution in [0, 0.1) is 5.82 Å². The summed E-state index contributed by atoms with van der Waals surface area (Å²) < 4.78 is 19.2. The van der Waals surface area contributed by atoms with Crippen LogP contribution in [0.2, 0.25) is 0 Å². The Bertz CT molecular complexity index is 806. The van der Waals surface area contributed by atoms with Gasteiger partial charge in [0.25, 0.3) is 5.91 Å². The maximum Gasteiger partial charge on any atom is 0.257 e. The molecule has 0 saturated carbocycles. The number of aromatic nitrogens is 3. The Morgan fingerprint density at radius 2 is 1.78 bits per heavy atom. The molecule has 2 aromatic rings. The highest BCUT2D eigenvalue weighted by molar-refractivity contribution is 5.94. The Kier molecular flexibility index (Phi) is 5.10. The number of hydrogen-bond donors (Lipinski definition) is 0. The third-order valence-electron chi connectivity index (χ3n) is 4.82. The topological polar surface area (TPSA) is 74.7 Å². The summed E-state index contributed by atoms with van der Waals surface area (Å²) in [6.07, 6.45) is 4.26. The number of rotatable bonds is 3. The molecular weight excluding hydrogens is 351 g/mol. The number of hydrogen-bond acceptors (Lipinski definition) is 7. The van der Waals surface area contributed by atoms with E-state index in [0.717, 1.165) is 25.1 Å². The van der Waals surface area contributed by atoms with Gasteiger partial charge < -0.3 is 19.4 Å². The largest absolute Gasteiger partial charge is 0.378 e. The Hall–Kier alpha value is -2.81. The lowest BCUT2D eigenvalue weighted by Crippen LogP contribution is -2.49. The van der Waals surface area contributed by atoms with Crippen LogP contribution in [0.3, 0.4) is 0 Å². The summed E-state index contributed by atoms with van der Waals surface area (Å²) in [6.45, 7) is 5.22. The fraction of sp³-hybridized carbons (Fsp3) is 0.444. The minimum Gasteiger partial charge on any atom is -0.378 e. The lowest BCUT2D eigenvalue weighted by Gasteiger charge is -2.36. The van der Waals surface area contributed by atoms with Crippen LogP contribution in [0.25, 0.3) is 0 Å². The van der Waals surface area contributed by atoms with E-state index in [1.807, 2.05) is 6.07 Å². The van der Waals surface area contributed by atoms with E-state index in [-0.39, 0.29) is 11.5 Å². The summed E-state index contributed by atoms with van der Waals surface area (Å²) in [5, 5.41) is 0. The molecule has 142 valence electrons. The smallest absolute Gasteiger partial charge is 0.257 e. The van der Waals surface area contributed by atoms with Crippen molar-refractivity contribution >= 4 is 17.7 Å². The van der Waals surface area contributed by atoms with Crippen LogP contribution in [0.1, 0.15) is 10.4 Å². The molecule has 0 atom stereocenters. The number of halogens is 1. The van der Waals surface area contributed by atoms with Crippen molar-refractivity contribution in [1.29, 1.82) is 0 Å². The number of anilines is 2. The second-order valence-corrected chi connectivity index (χ2v) is 6.45. The molecule has 0 radical (unpaired) electrons. The van der Waals surface area contributed by atoms with Crippen LogP contribution in [-0.4, -0.2) is 78.2 Å². The molecule has 0 N–H and O–H groups in total. The first-order valence-electron chi connectivity index (χ1n) is 9.02. The van der Waals surface area contributed by atoms with Crippen LogP contribution in [0.5, 0.6) is 0 Å². The standard InChI is InChI=1S/C18H21FN6O2/c19-15-13-20-3-1-14(15)17(26)24-7-5-23(6-8-24)16-2-4-21-18(22-16)25-9-11-27-12-10-25/h1-4,13H,5-12H2. The second-order valence-electron chi connectivity index (χ2n) is 6.45. The molecule has 8 nitrogen and oxygen atoms in total. The van der Waals surface area contributed by atoms with Gasteiger partial charge in [-0.25, -0.2) is 9.37 Å². The molecule has 2 aromatic heterocycles. The molecule has 27 heavy (non-hydrogen) atoms. The van der Waals surface area contributed by atoms with Crippen LogP contribution in [-0.2, 0) is 4.74 Å². The lowest BCUT2D eigenvalue weighted by atomic mass is 10.2. The van der Waals surface area contributed by atoms with Crippen molar-refractivity contribution in [2.45, 2.75) is 0 Å². The molecule has 4 heterocycles. The number of pyridine rings is 1. The molecule has 4 rings (SSSR count). The molecule has 0 bridgehead atoms. The minimum atomic E-state index is -0.587. The van der Waals surface area contributed by atoms with Crippen LogP contribution in [0.4, 0.5) is 16.2 Å². The highest BCUT2D eigenvalue weighted by Crippen LogP contribution is 2.19.